The van der Waals surface area contributed by atoms with Gasteiger partial charge in [-0.1, -0.05) is 34.8 Å². The van der Waals surface area contributed by atoms with E-state index in [4.69, 9.17) is 46.6 Å². The van der Waals surface area contributed by atoms with Crippen molar-refractivity contribution in [2.45, 2.75) is 0 Å². The fourth-order valence-corrected chi connectivity index (χ4v) is 1.45. The van der Waals surface area contributed by atoms with Gasteiger partial charge in [0.25, 0.3) is 0 Å². The Labute approximate surface area is 89.8 Å². The van der Waals surface area contributed by atoms with Crippen molar-refractivity contribution in [1.82, 2.24) is 4.94 Å². The maximum atomic E-state index is 5.79. The molecule has 2 nitrogen and oxygen atoms in total. The summed E-state index contributed by atoms with van der Waals surface area (Å²) in [7, 11) is 0. The van der Waals surface area contributed by atoms with Crippen LogP contribution in [0.25, 0.3) is 0 Å². The van der Waals surface area contributed by atoms with E-state index in [9.17, 15) is 0 Å². The van der Waals surface area contributed by atoms with Gasteiger partial charge in [-0.2, -0.15) is 0 Å². The molecule has 0 heterocycles. The Kier molecular flexibility index (Phi) is 3.75. The lowest BCUT2D eigenvalue weighted by Crippen LogP contribution is -2.08. The van der Waals surface area contributed by atoms with Gasteiger partial charge < -0.3 is 5.43 Å². The standard InChI is InChI=1S/C6H4Cl4N2/c7-3-1-4(8)6(9)5(2-3)11-12-10/h1-2,11-12H. The third-order valence-electron chi connectivity index (χ3n) is 1.17. The lowest BCUT2D eigenvalue weighted by molar-refractivity contribution is 1.20. The molecule has 1 rings (SSSR count). The van der Waals surface area contributed by atoms with E-state index < -0.39 is 0 Å². The summed E-state index contributed by atoms with van der Waals surface area (Å²) in [5, 5.41) is 1.23. The molecule has 0 radical (unpaired) electrons. The average molecular weight is 246 g/mol. The number of hydrogen-bond donors (Lipinski definition) is 2. The number of anilines is 1. The quantitative estimate of drug-likeness (QED) is 0.472. The van der Waals surface area contributed by atoms with Crippen LogP contribution in [0.5, 0.6) is 0 Å². The van der Waals surface area contributed by atoms with Crippen LogP contribution >= 0.6 is 46.6 Å². The normalized spacial score (nSPS) is 10.0. The van der Waals surface area contributed by atoms with Crippen LogP contribution in [0.4, 0.5) is 5.69 Å². The first-order valence-corrected chi connectivity index (χ1v) is 4.42. The first-order valence-electron chi connectivity index (χ1n) is 2.91. The Morgan fingerprint density at radius 2 is 1.75 bits per heavy atom. The second kappa shape index (κ2) is 4.40. The molecule has 0 aliphatic rings. The lowest BCUT2D eigenvalue weighted by Gasteiger charge is -2.06. The Balaban J connectivity index is 3.09. The molecule has 0 atom stereocenters. The molecule has 0 saturated heterocycles. The van der Waals surface area contributed by atoms with Gasteiger partial charge >= 0.3 is 0 Å². The summed E-state index contributed by atoms with van der Waals surface area (Å²) in [4.78, 5) is 2.20. The van der Waals surface area contributed by atoms with Gasteiger partial charge in [0.1, 0.15) is 0 Å². The molecule has 2 N–H and O–H groups in total. The molecule has 0 saturated carbocycles. The molecule has 0 aliphatic heterocycles. The molecule has 0 fully saturated rings. The van der Waals surface area contributed by atoms with Crippen molar-refractivity contribution in [3.63, 3.8) is 0 Å². The summed E-state index contributed by atoms with van der Waals surface area (Å²) in [6.45, 7) is 0. The highest BCUT2D eigenvalue weighted by atomic mass is 35.5. The number of hydrazine groups is 1. The van der Waals surface area contributed by atoms with E-state index in [2.05, 4.69) is 10.4 Å². The topological polar surface area (TPSA) is 24.1 Å². The molecule has 0 unspecified atom stereocenters. The van der Waals surface area contributed by atoms with E-state index in [1.54, 1.807) is 12.1 Å². The molecule has 0 spiro atoms. The number of rotatable bonds is 2. The van der Waals surface area contributed by atoms with Crippen LogP contribution in [0.2, 0.25) is 15.1 Å². The van der Waals surface area contributed by atoms with Crippen LogP contribution in [0.1, 0.15) is 0 Å². The zero-order valence-electron chi connectivity index (χ0n) is 5.67. The summed E-state index contributed by atoms with van der Waals surface area (Å²) in [6, 6.07) is 3.15. The van der Waals surface area contributed by atoms with Gasteiger partial charge in [0.2, 0.25) is 0 Å². The third kappa shape index (κ3) is 2.31. The van der Waals surface area contributed by atoms with Crippen LogP contribution in [0.3, 0.4) is 0 Å². The number of hydrogen-bond acceptors (Lipinski definition) is 2. The molecular formula is C6H4Cl4N2. The highest BCUT2D eigenvalue weighted by Crippen LogP contribution is 2.32. The molecule has 0 aromatic heterocycles. The van der Waals surface area contributed by atoms with Crippen LogP contribution in [-0.4, -0.2) is 0 Å². The maximum absolute atomic E-state index is 5.79. The average Bonchev–Trinajstić information content (AvgIpc) is 2.00. The van der Waals surface area contributed by atoms with Gasteiger partial charge in [-0.05, 0) is 23.9 Å². The minimum Gasteiger partial charge on any atom is -0.306 e. The van der Waals surface area contributed by atoms with Crippen molar-refractivity contribution in [2.24, 2.45) is 0 Å². The van der Waals surface area contributed by atoms with Gasteiger partial charge in [-0.3, -0.25) is 0 Å². The van der Waals surface area contributed by atoms with Crippen LogP contribution in [-0.2, 0) is 0 Å². The third-order valence-corrected chi connectivity index (χ3v) is 2.29. The summed E-state index contributed by atoms with van der Waals surface area (Å²) in [5.41, 5.74) is 3.10. The van der Waals surface area contributed by atoms with Crippen molar-refractivity contribution < 1.29 is 0 Å². The van der Waals surface area contributed by atoms with Crippen molar-refractivity contribution in [1.29, 1.82) is 0 Å². The molecule has 0 amide bonds. The Morgan fingerprint density at radius 1 is 1.08 bits per heavy atom. The van der Waals surface area contributed by atoms with E-state index in [1.807, 2.05) is 0 Å². The molecule has 6 heteroatoms. The Hall–Kier alpha value is 0.140. The second-order valence-electron chi connectivity index (χ2n) is 1.97. The summed E-state index contributed by atoms with van der Waals surface area (Å²) < 4.78 is 0. The fraction of sp³-hybridized carbons (Fsp3) is 0. The van der Waals surface area contributed by atoms with Gasteiger partial charge in [0.15, 0.2) is 0 Å². The lowest BCUT2D eigenvalue weighted by atomic mass is 10.3. The van der Waals surface area contributed by atoms with Gasteiger partial charge in [0.05, 0.1) is 15.7 Å². The predicted octanol–water partition coefficient (Wildman–Crippen LogP) is 3.72. The molecule has 0 bridgehead atoms. The molecule has 66 valence electrons. The largest absolute Gasteiger partial charge is 0.306 e. The van der Waals surface area contributed by atoms with Crippen LogP contribution in [0.15, 0.2) is 12.1 Å². The smallest absolute Gasteiger partial charge is 0.0838 e. The first kappa shape index (κ1) is 10.2. The van der Waals surface area contributed by atoms with Crippen LogP contribution in [0, 0.1) is 0 Å². The monoisotopic (exact) mass is 244 g/mol. The second-order valence-corrected chi connectivity index (χ2v) is 3.38. The fourth-order valence-electron chi connectivity index (χ4n) is 0.698. The zero-order chi connectivity index (χ0) is 9.14. The first-order chi connectivity index (χ1) is 5.65. The molecule has 0 aliphatic carbocycles. The van der Waals surface area contributed by atoms with E-state index >= 15 is 0 Å². The summed E-state index contributed by atoms with van der Waals surface area (Å²) >= 11 is 22.4. The van der Waals surface area contributed by atoms with Crippen molar-refractivity contribution in [3.8, 4) is 0 Å². The van der Waals surface area contributed by atoms with E-state index in [-0.39, 0.29) is 0 Å². The number of halogens is 4. The van der Waals surface area contributed by atoms with Gasteiger partial charge in [0, 0.05) is 5.02 Å². The Morgan fingerprint density at radius 3 is 2.33 bits per heavy atom. The van der Waals surface area contributed by atoms with Crippen LogP contribution < -0.4 is 10.4 Å². The molecular weight excluding hydrogens is 242 g/mol. The van der Waals surface area contributed by atoms with Gasteiger partial charge in [-0.15, -0.1) is 4.94 Å². The number of benzene rings is 1. The maximum Gasteiger partial charge on any atom is 0.0838 e. The summed E-state index contributed by atoms with van der Waals surface area (Å²) in [5.74, 6) is 0. The molecule has 1 aromatic carbocycles. The highest BCUT2D eigenvalue weighted by molar-refractivity contribution is 6.45. The van der Waals surface area contributed by atoms with E-state index in [1.165, 1.54) is 0 Å². The highest BCUT2D eigenvalue weighted by Gasteiger charge is 2.05. The molecule has 12 heavy (non-hydrogen) atoms. The SMILES string of the molecule is ClNNc1cc(Cl)cc(Cl)c1Cl. The minimum absolute atomic E-state index is 0.370. The van der Waals surface area contributed by atoms with E-state index in [0.717, 1.165) is 0 Å². The summed E-state index contributed by atoms with van der Waals surface area (Å²) in [6.07, 6.45) is 0. The van der Waals surface area contributed by atoms with Crippen molar-refractivity contribution in [3.05, 3.63) is 27.2 Å². The zero-order valence-corrected chi connectivity index (χ0v) is 8.69. The minimum atomic E-state index is 0.370. The number of nitrogens with one attached hydrogen (secondary N) is 2. The van der Waals surface area contributed by atoms with Crippen molar-refractivity contribution >= 4 is 52.3 Å². The van der Waals surface area contributed by atoms with Gasteiger partial charge in [-0.25, -0.2) is 0 Å². The Bertz CT molecular complexity index is 289. The predicted molar refractivity (Wildman–Crippen MR) is 54.1 cm³/mol. The van der Waals surface area contributed by atoms with E-state index in [0.29, 0.717) is 20.8 Å². The van der Waals surface area contributed by atoms with Crippen molar-refractivity contribution in [2.75, 3.05) is 5.43 Å². The molecule has 1 aromatic rings.